The molecule has 0 spiro atoms. The normalized spacial score (nSPS) is 19.6. The number of hydrogen-bond donors (Lipinski definition) is 2. The molecule has 0 radical (unpaired) electrons. The van der Waals surface area contributed by atoms with Crippen molar-refractivity contribution in [1.82, 2.24) is 19.9 Å². The van der Waals surface area contributed by atoms with Gasteiger partial charge in [0.1, 0.15) is 11.4 Å². The predicted octanol–water partition coefficient (Wildman–Crippen LogP) is 1.25. The van der Waals surface area contributed by atoms with Gasteiger partial charge in [0.25, 0.3) is 0 Å². The van der Waals surface area contributed by atoms with Gasteiger partial charge in [-0.05, 0) is 31.2 Å². The van der Waals surface area contributed by atoms with Gasteiger partial charge in [0.15, 0.2) is 0 Å². The summed E-state index contributed by atoms with van der Waals surface area (Å²) in [5.74, 6) is 1.07. The number of pyridine rings is 1. The SMILES string of the molecule is CCN(Cc1ccncc1)C[C@]1(C)Cc2c(N)nc(N)nc2O1. The molecule has 0 aromatic carbocycles. The van der Waals surface area contributed by atoms with Crippen molar-refractivity contribution in [2.45, 2.75) is 32.4 Å². The Kier molecular flexibility index (Phi) is 4.04. The smallest absolute Gasteiger partial charge is 0.225 e. The van der Waals surface area contributed by atoms with Crippen LogP contribution in [0.25, 0.3) is 0 Å². The molecule has 3 rings (SSSR count). The number of aromatic nitrogens is 3. The fourth-order valence-electron chi connectivity index (χ4n) is 2.98. The van der Waals surface area contributed by atoms with Crippen molar-refractivity contribution in [2.24, 2.45) is 0 Å². The van der Waals surface area contributed by atoms with Crippen molar-refractivity contribution >= 4 is 11.8 Å². The van der Waals surface area contributed by atoms with Crippen LogP contribution in [0.3, 0.4) is 0 Å². The van der Waals surface area contributed by atoms with Crippen LogP contribution in [0.2, 0.25) is 0 Å². The minimum absolute atomic E-state index is 0.148. The number of ether oxygens (including phenoxy) is 1. The first kappa shape index (κ1) is 15.5. The monoisotopic (exact) mass is 314 g/mol. The molecule has 3 heterocycles. The van der Waals surface area contributed by atoms with Crippen LogP contribution in [-0.4, -0.2) is 38.5 Å². The Morgan fingerprint density at radius 3 is 2.70 bits per heavy atom. The molecule has 122 valence electrons. The maximum absolute atomic E-state index is 6.06. The third kappa shape index (κ3) is 3.34. The summed E-state index contributed by atoms with van der Waals surface area (Å²) < 4.78 is 6.06. The summed E-state index contributed by atoms with van der Waals surface area (Å²) in [5.41, 5.74) is 13.3. The second-order valence-corrected chi connectivity index (χ2v) is 6.14. The Morgan fingerprint density at radius 1 is 1.26 bits per heavy atom. The zero-order valence-electron chi connectivity index (χ0n) is 13.5. The van der Waals surface area contributed by atoms with Gasteiger partial charge in [-0.3, -0.25) is 9.88 Å². The van der Waals surface area contributed by atoms with Crippen molar-refractivity contribution in [2.75, 3.05) is 24.6 Å². The van der Waals surface area contributed by atoms with Crippen molar-refractivity contribution in [1.29, 1.82) is 0 Å². The Morgan fingerprint density at radius 2 is 2.00 bits per heavy atom. The van der Waals surface area contributed by atoms with Crippen molar-refractivity contribution in [3.63, 3.8) is 0 Å². The molecule has 0 amide bonds. The maximum atomic E-state index is 6.06. The first-order valence-corrected chi connectivity index (χ1v) is 7.71. The Hall–Kier alpha value is -2.41. The first-order valence-electron chi connectivity index (χ1n) is 7.71. The van der Waals surface area contributed by atoms with Gasteiger partial charge in [-0.2, -0.15) is 9.97 Å². The molecule has 2 aromatic rings. The topological polar surface area (TPSA) is 103 Å². The molecule has 1 aliphatic rings. The Balaban J connectivity index is 1.73. The predicted molar refractivity (Wildman–Crippen MR) is 88.8 cm³/mol. The molecule has 0 aliphatic carbocycles. The quantitative estimate of drug-likeness (QED) is 0.856. The van der Waals surface area contributed by atoms with Crippen LogP contribution >= 0.6 is 0 Å². The highest BCUT2D eigenvalue weighted by Gasteiger charge is 2.39. The molecule has 4 N–H and O–H groups in total. The third-order valence-electron chi connectivity index (χ3n) is 4.07. The van der Waals surface area contributed by atoms with E-state index in [0.717, 1.165) is 25.2 Å². The second kappa shape index (κ2) is 6.00. The highest BCUT2D eigenvalue weighted by atomic mass is 16.5. The number of anilines is 2. The molecule has 1 atom stereocenters. The molecule has 0 saturated carbocycles. The molecule has 7 heteroatoms. The fourth-order valence-corrected chi connectivity index (χ4v) is 2.98. The van der Waals surface area contributed by atoms with Gasteiger partial charge in [-0.25, -0.2) is 0 Å². The molecule has 2 aromatic heterocycles. The van der Waals surface area contributed by atoms with Crippen LogP contribution in [0.5, 0.6) is 5.88 Å². The lowest BCUT2D eigenvalue weighted by Crippen LogP contribution is -2.44. The van der Waals surface area contributed by atoms with Gasteiger partial charge in [0.2, 0.25) is 11.8 Å². The van der Waals surface area contributed by atoms with E-state index in [1.807, 2.05) is 24.5 Å². The van der Waals surface area contributed by atoms with Crippen LogP contribution in [0.15, 0.2) is 24.5 Å². The average molecular weight is 314 g/mol. The summed E-state index contributed by atoms with van der Waals surface area (Å²) in [6.07, 6.45) is 4.30. The van der Waals surface area contributed by atoms with E-state index in [4.69, 9.17) is 16.2 Å². The number of likely N-dealkylation sites (N-methyl/N-ethyl adjacent to an activating group) is 1. The Bertz CT molecular complexity index is 692. The Labute approximate surface area is 135 Å². The van der Waals surface area contributed by atoms with Gasteiger partial charge >= 0.3 is 0 Å². The van der Waals surface area contributed by atoms with Gasteiger partial charge in [0.05, 0.1) is 5.56 Å². The second-order valence-electron chi connectivity index (χ2n) is 6.14. The molecular formula is C16H22N6O. The van der Waals surface area contributed by atoms with Crippen LogP contribution < -0.4 is 16.2 Å². The molecule has 7 nitrogen and oxygen atoms in total. The van der Waals surface area contributed by atoms with E-state index in [2.05, 4.69) is 33.7 Å². The zero-order valence-corrected chi connectivity index (χ0v) is 13.5. The van der Waals surface area contributed by atoms with Crippen LogP contribution in [-0.2, 0) is 13.0 Å². The van der Waals surface area contributed by atoms with E-state index in [9.17, 15) is 0 Å². The third-order valence-corrected chi connectivity index (χ3v) is 4.07. The zero-order chi connectivity index (χ0) is 16.4. The number of hydrogen-bond acceptors (Lipinski definition) is 7. The number of nitrogen functional groups attached to an aromatic ring is 2. The lowest BCUT2D eigenvalue weighted by atomic mass is 9.99. The van der Waals surface area contributed by atoms with Crippen LogP contribution in [0.1, 0.15) is 25.0 Å². The fraction of sp³-hybridized carbons (Fsp3) is 0.438. The maximum Gasteiger partial charge on any atom is 0.225 e. The van der Waals surface area contributed by atoms with Crippen molar-refractivity contribution in [3.8, 4) is 5.88 Å². The standard InChI is InChI=1S/C16H22N6O/c1-3-22(9-11-4-6-19-7-5-11)10-16(2)8-12-13(17)20-15(18)21-14(12)23-16/h4-7H,3,8-10H2,1-2H3,(H4,17,18,20,21)/t16-/m0/s1. The van der Waals surface area contributed by atoms with E-state index in [1.165, 1.54) is 5.56 Å². The van der Waals surface area contributed by atoms with Gasteiger partial charge < -0.3 is 16.2 Å². The van der Waals surface area contributed by atoms with Crippen LogP contribution in [0, 0.1) is 0 Å². The van der Waals surface area contributed by atoms with Crippen molar-refractivity contribution in [3.05, 3.63) is 35.7 Å². The van der Waals surface area contributed by atoms with E-state index in [1.54, 1.807) is 0 Å². The largest absolute Gasteiger partial charge is 0.469 e. The molecule has 0 fully saturated rings. The highest BCUT2D eigenvalue weighted by Crippen LogP contribution is 2.37. The molecule has 0 bridgehead atoms. The highest BCUT2D eigenvalue weighted by molar-refractivity contribution is 5.52. The minimum Gasteiger partial charge on any atom is -0.469 e. The van der Waals surface area contributed by atoms with Gasteiger partial charge in [-0.1, -0.05) is 6.92 Å². The average Bonchev–Trinajstić information content (AvgIpc) is 2.84. The molecule has 0 unspecified atom stereocenters. The van der Waals surface area contributed by atoms with Gasteiger partial charge in [0, 0.05) is 31.9 Å². The van der Waals surface area contributed by atoms with E-state index < -0.39 is 0 Å². The van der Waals surface area contributed by atoms with E-state index in [-0.39, 0.29) is 11.5 Å². The van der Waals surface area contributed by atoms with E-state index >= 15 is 0 Å². The summed E-state index contributed by atoms with van der Waals surface area (Å²) in [6, 6.07) is 4.05. The van der Waals surface area contributed by atoms with E-state index in [0.29, 0.717) is 18.1 Å². The molecule has 23 heavy (non-hydrogen) atoms. The summed E-state index contributed by atoms with van der Waals surface area (Å²) in [5, 5.41) is 0. The summed E-state index contributed by atoms with van der Waals surface area (Å²) >= 11 is 0. The lowest BCUT2D eigenvalue weighted by Gasteiger charge is -2.31. The number of nitrogens with zero attached hydrogens (tertiary/aromatic N) is 4. The first-order chi connectivity index (χ1) is 11.0. The summed E-state index contributed by atoms with van der Waals surface area (Å²) in [4.78, 5) is 14.6. The summed E-state index contributed by atoms with van der Waals surface area (Å²) in [6.45, 7) is 6.73. The summed E-state index contributed by atoms with van der Waals surface area (Å²) in [7, 11) is 0. The van der Waals surface area contributed by atoms with Gasteiger partial charge in [-0.15, -0.1) is 0 Å². The van der Waals surface area contributed by atoms with Crippen LogP contribution in [0.4, 0.5) is 11.8 Å². The number of rotatable bonds is 5. The minimum atomic E-state index is -0.387. The number of nitrogens with two attached hydrogens (primary N) is 2. The number of fused-ring (bicyclic) bond motifs is 1. The lowest BCUT2D eigenvalue weighted by molar-refractivity contribution is 0.0591. The molecule has 1 aliphatic heterocycles. The molecule has 0 saturated heterocycles. The molecular weight excluding hydrogens is 292 g/mol. The van der Waals surface area contributed by atoms with Crippen molar-refractivity contribution < 1.29 is 4.74 Å².